The van der Waals surface area contributed by atoms with E-state index >= 15 is 0 Å². The van der Waals surface area contributed by atoms with Gasteiger partial charge in [0.2, 0.25) is 5.91 Å². The van der Waals surface area contributed by atoms with Crippen LogP contribution in [-0.4, -0.2) is 45.6 Å². The number of carbonyl (C=O) groups is 2. The minimum Gasteiger partial charge on any atom is -0.348 e. The molecule has 150 valence electrons. The quantitative estimate of drug-likeness (QED) is 0.792. The number of nitrogens with zero attached hydrogens (tertiary/aromatic N) is 3. The predicted octanol–water partition coefficient (Wildman–Crippen LogP) is 3.95. The molecule has 2 heterocycles. The monoisotopic (exact) mass is 422 g/mol. The molecule has 6 nitrogen and oxygen atoms in total. The molecule has 1 aromatic heterocycles. The molecular formula is C20H24Cl2N4O2. The van der Waals surface area contributed by atoms with E-state index in [4.69, 9.17) is 23.2 Å². The van der Waals surface area contributed by atoms with E-state index in [1.165, 1.54) is 0 Å². The molecule has 28 heavy (non-hydrogen) atoms. The van der Waals surface area contributed by atoms with Crippen LogP contribution in [0.5, 0.6) is 0 Å². The van der Waals surface area contributed by atoms with Crippen molar-refractivity contribution in [3.63, 3.8) is 0 Å². The van der Waals surface area contributed by atoms with Crippen LogP contribution in [-0.2, 0) is 4.79 Å². The van der Waals surface area contributed by atoms with Crippen LogP contribution in [0.4, 0.5) is 0 Å². The number of nitrogens with one attached hydrogen (secondary N) is 1. The maximum absolute atomic E-state index is 12.5. The standard InChI is InChI=1S/C20H24Cl2N4O2/c1-13(2)11-19(27)25-8-5-14(6-9-25)23-20(28)18-7-10-26(24-18)15-3-4-16(21)17(22)12-15/h3-4,7,10,12-14H,5-6,8-9,11H2,1-2H3,(H,23,28). The molecule has 0 atom stereocenters. The zero-order valence-electron chi connectivity index (χ0n) is 16.0. The van der Waals surface area contributed by atoms with Crippen molar-refractivity contribution in [3.8, 4) is 5.69 Å². The molecule has 3 rings (SSSR count). The van der Waals surface area contributed by atoms with Crippen LogP contribution in [0.25, 0.3) is 5.69 Å². The lowest BCUT2D eigenvalue weighted by molar-refractivity contribution is -0.133. The van der Waals surface area contributed by atoms with Gasteiger partial charge in [-0.1, -0.05) is 37.0 Å². The van der Waals surface area contributed by atoms with Gasteiger partial charge in [0.05, 0.1) is 15.7 Å². The van der Waals surface area contributed by atoms with Gasteiger partial charge in [0.1, 0.15) is 0 Å². The summed E-state index contributed by atoms with van der Waals surface area (Å²) in [4.78, 5) is 26.6. The molecular weight excluding hydrogens is 399 g/mol. The zero-order valence-corrected chi connectivity index (χ0v) is 17.5. The van der Waals surface area contributed by atoms with Crippen LogP contribution in [0.3, 0.4) is 0 Å². The highest BCUT2D eigenvalue weighted by Gasteiger charge is 2.25. The second kappa shape index (κ2) is 8.97. The Bertz CT molecular complexity index is 858. The summed E-state index contributed by atoms with van der Waals surface area (Å²) >= 11 is 12.0. The molecule has 1 aliphatic heterocycles. The van der Waals surface area contributed by atoms with Crippen molar-refractivity contribution in [2.24, 2.45) is 5.92 Å². The summed E-state index contributed by atoms with van der Waals surface area (Å²) < 4.78 is 1.59. The largest absolute Gasteiger partial charge is 0.348 e. The lowest BCUT2D eigenvalue weighted by Crippen LogP contribution is -2.46. The summed E-state index contributed by atoms with van der Waals surface area (Å²) in [7, 11) is 0. The zero-order chi connectivity index (χ0) is 20.3. The molecule has 0 bridgehead atoms. The maximum atomic E-state index is 12.5. The average molecular weight is 423 g/mol. The van der Waals surface area contributed by atoms with Crippen molar-refractivity contribution in [2.75, 3.05) is 13.1 Å². The second-order valence-corrected chi connectivity index (χ2v) is 8.28. The smallest absolute Gasteiger partial charge is 0.272 e. The molecule has 0 saturated carbocycles. The highest BCUT2D eigenvalue weighted by Crippen LogP contribution is 2.24. The number of amides is 2. The molecule has 1 aromatic carbocycles. The van der Waals surface area contributed by atoms with E-state index in [0.717, 1.165) is 18.5 Å². The molecule has 0 unspecified atom stereocenters. The van der Waals surface area contributed by atoms with E-state index in [1.54, 1.807) is 35.1 Å². The van der Waals surface area contributed by atoms with Gasteiger partial charge in [0.25, 0.3) is 5.91 Å². The molecule has 8 heteroatoms. The number of rotatable bonds is 5. The Kier molecular flexibility index (Phi) is 6.62. The Hall–Kier alpha value is -2.05. The first-order valence-electron chi connectivity index (χ1n) is 9.43. The van der Waals surface area contributed by atoms with Gasteiger partial charge >= 0.3 is 0 Å². The molecule has 1 saturated heterocycles. The second-order valence-electron chi connectivity index (χ2n) is 7.47. The van der Waals surface area contributed by atoms with Crippen molar-refractivity contribution in [3.05, 3.63) is 46.2 Å². The van der Waals surface area contributed by atoms with Crippen LogP contribution in [0.2, 0.25) is 10.0 Å². The van der Waals surface area contributed by atoms with Crippen molar-refractivity contribution in [1.82, 2.24) is 20.0 Å². The van der Waals surface area contributed by atoms with Crippen LogP contribution in [0.1, 0.15) is 43.6 Å². The minimum absolute atomic E-state index is 0.0470. The summed E-state index contributed by atoms with van der Waals surface area (Å²) in [5, 5.41) is 8.25. The lowest BCUT2D eigenvalue weighted by atomic mass is 10.0. The van der Waals surface area contributed by atoms with E-state index in [9.17, 15) is 9.59 Å². The van der Waals surface area contributed by atoms with Crippen LogP contribution < -0.4 is 5.32 Å². The molecule has 1 N–H and O–H groups in total. The molecule has 1 fully saturated rings. The topological polar surface area (TPSA) is 67.2 Å². The number of benzene rings is 1. The van der Waals surface area contributed by atoms with Crippen LogP contribution in [0, 0.1) is 5.92 Å². The fourth-order valence-electron chi connectivity index (χ4n) is 3.23. The Morgan fingerprint density at radius 1 is 1.18 bits per heavy atom. The highest BCUT2D eigenvalue weighted by molar-refractivity contribution is 6.42. The third-order valence-electron chi connectivity index (χ3n) is 4.76. The van der Waals surface area contributed by atoms with Gasteiger partial charge in [-0.15, -0.1) is 0 Å². The molecule has 1 aliphatic rings. The molecule has 2 aromatic rings. The summed E-state index contributed by atoms with van der Waals surface area (Å²) in [5.74, 6) is 0.335. The highest BCUT2D eigenvalue weighted by atomic mass is 35.5. The fraction of sp³-hybridized carbons (Fsp3) is 0.450. The van der Waals surface area contributed by atoms with Gasteiger partial charge in [0, 0.05) is 31.7 Å². The van der Waals surface area contributed by atoms with Gasteiger partial charge in [0.15, 0.2) is 5.69 Å². The average Bonchev–Trinajstić information content (AvgIpc) is 3.14. The van der Waals surface area contributed by atoms with E-state index < -0.39 is 0 Å². The van der Waals surface area contributed by atoms with Crippen LogP contribution >= 0.6 is 23.2 Å². The Morgan fingerprint density at radius 2 is 1.89 bits per heavy atom. The predicted molar refractivity (Wildman–Crippen MR) is 110 cm³/mol. The minimum atomic E-state index is -0.217. The first-order chi connectivity index (χ1) is 13.3. The van der Waals surface area contributed by atoms with E-state index in [0.29, 0.717) is 41.2 Å². The van der Waals surface area contributed by atoms with Crippen LogP contribution in [0.15, 0.2) is 30.5 Å². The van der Waals surface area contributed by atoms with Crippen molar-refractivity contribution < 1.29 is 9.59 Å². The Balaban J connectivity index is 1.55. The van der Waals surface area contributed by atoms with Gasteiger partial charge in [-0.3, -0.25) is 9.59 Å². The Morgan fingerprint density at radius 3 is 2.54 bits per heavy atom. The van der Waals surface area contributed by atoms with Gasteiger partial charge in [-0.05, 0) is 43.0 Å². The molecule has 0 aliphatic carbocycles. The summed E-state index contributed by atoms with van der Waals surface area (Å²) in [5.41, 5.74) is 1.06. The van der Waals surface area contributed by atoms with Gasteiger partial charge in [-0.25, -0.2) is 4.68 Å². The summed E-state index contributed by atoms with van der Waals surface area (Å²) in [6.45, 7) is 5.44. The van der Waals surface area contributed by atoms with Crippen molar-refractivity contribution >= 4 is 35.0 Å². The van der Waals surface area contributed by atoms with E-state index in [1.807, 2.05) is 18.7 Å². The third kappa shape index (κ3) is 5.06. The van der Waals surface area contributed by atoms with E-state index in [2.05, 4.69) is 10.4 Å². The van der Waals surface area contributed by atoms with Crippen molar-refractivity contribution in [1.29, 1.82) is 0 Å². The number of carbonyl (C=O) groups excluding carboxylic acids is 2. The first kappa shape index (κ1) is 20.7. The number of halogens is 2. The Labute approximate surface area is 174 Å². The summed E-state index contributed by atoms with van der Waals surface area (Å²) in [6.07, 6.45) is 3.79. The lowest BCUT2D eigenvalue weighted by Gasteiger charge is -2.32. The number of hydrogen-bond donors (Lipinski definition) is 1. The number of hydrogen-bond acceptors (Lipinski definition) is 3. The molecule has 2 amide bonds. The van der Waals surface area contributed by atoms with E-state index in [-0.39, 0.29) is 17.9 Å². The normalized spacial score (nSPS) is 15.1. The van der Waals surface area contributed by atoms with Crippen molar-refractivity contribution in [2.45, 2.75) is 39.2 Å². The van der Waals surface area contributed by atoms with Gasteiger partial charge in [-0.2, -0.15) is 5.10 Å². The molecule has 0 radical (unpaired) electrons. The number of aromatic nitrogens is 2. The number of likely N-dealkylation sites (tertiary alicyclic amines) is 1. The number of piperidine rings is 1. The third-order valence-corrected chi connectivity index (χ3v) is 5.49. The SMILES string of the molecule is CC(C)CC(=O)N1CCC(NC(=O)c2ccn(-c3ccc(Cl)c(Cl)c3)n2)CC1. The first-order valence-corrected chi connectivity index (χ1v) is 10.2. The molecule has 0 spiro atoms. The summed E-state index contributed by atoms with van der Waals surface area (Å²) in [6, 6.07) is 6.88. The maximum Gasteiger partial charge on any atom is 0.272 e. The van der Waals surface area contributed by atoms with Gasteiger partial charge < -0.3 is 10.2 Å². The fourth-order valence-corrected chi connectivity index (χ4v) is 3.52.